The van der Waals surface area contributed by atoms with E-state index in [1.165, 1.54) is 0 Å². The van der Waals surface area contributed by atoms with Gasteiger partial charge in [-0.3, -0.25) is 4.79 Å². The average molecular weight is 332 g/mol. The fourth-order valence-corrected chi connectivity index (χ4v) is 2.94. The van der Waals surface area contributed by atoms with E-state index in [1.54, 1.807) is 0 Å². The number of rotatable bonds is 7. The van der Waals surface area contributed by atoms with Gasteiger partial charge < -0.3 is 20.9 Å². The van der Waals surface area contributed by atoms with Crippen molar-refractivity contribution >= 4 is 17.3 Å². The van der Waals surface area contributed by atoms with Gasteiger partial charge in [0.25, 0.3) is 0 Å². The Morgan fingerprint density at radius 3 is 2.58 bits per heavy atom. The van der Waals surface area contributed by atoms with Crippen LogP contribution in [0.5, 0.6) is 0 Å². The first-order valence-electron chi connectivity index (χ1n) is 9.04. The van der Waals surface area contributed by atoms with Gasteiger partial charge >= 0.3 is 0 Å². The highest BCUT2D eigenvalue weighted by molar-refractivity contribution is 5.76. The molecule has 0 atom stereocenters. The number of amides is 1. The Labute approximate surface area is 146 Å². The number of benzene rings is 1. The molecule has 0 radical (unpaired) electrons. The molecule has 0 aromatic heterocycles. The van der Waals surface area contributed by atoms with Gasteiger partial charge in [0, 0.05) is 39.1 Å². The van der Waals surface area contributed by atoms with Gasteiger partial charge in [-0.05, 0) is 43.5 Å². The van der Waals surface area contributed by atoms with Gasteiger partial charge in [-0.1, -0.05) is 19.9 Å². The minimum absolute atomic E-state index is 0.123. The van der Waals surface area contributed by atoms with Gasteiger partial charge in [0.15, 0.2) is 0 Å². The number of nitrogens with two attached hydrogens (primary N) is 1. The fraction of sp³-hybridized carbons (Fsp3) is 0.632. The third kappa shape index (κ3) is 5.71. The standard InChI is InChI=1S/C19H32N4O/c1-15(2)8-9-21-19(24)7-5-16-4-6-18(17(20)14-16)23-12-10-22(3)11-13-23/h4,6,14-15H,5,7-13,20H2,1-3H3,(H,21,24). The summed E-state index contributed by atoms with van der Waals surface area (Å²) < 4.78 is 0. The van der Waals surface area contributed by atoms with Gasteiger partial charge in [0.1, 0.15) is 0 Å². The van der Waals surface area contributed by atoms with Crippen molar-refractivity contribution in [2.75, 3.05) is 50.4 Å². The highest BCUT2D eigenvalue weighted by Gasteiger charge is 2.16. The maximum Gasteiger partial charge on any atom is 0.220 e. The molecule has 1 aromatic carbocycles. The topological polar surface area (TPSA) is 61.6 Å². The van der Waals surface area contributed by atoms with Crippen LogP contribution in [0.2, 0.25) is 0 Å². The van der Waals surface area contributed by atoms with E-state index in [-0.39, 0.29) is 5.91 Å². The Morgan fingerprint density at radius 1 is 1.25 bits per heavy atom. The molecule has 0 unspecified atom stereocenters. The SMILES string of the molecule is CC(C)CCNC(=O)CCc1ccc(N2CCN(C)CC2)c(N)c1. The predicted octanol–water partition coefficient (Wildman–Crippen LogP) is 2.12. The number of hydrogen-bond donors (Lipinski definition) is 2. The molecule has 1 aromatic rings. The van der Waals surface area contributed by atoms with Crippen molar-refractivity contribution in [2.45, 2.75) is 33.1 Å². The largest absolute Gasteiger partial charge is 0.397 e. The molecule has 1 amide bonds. The smallest absolute Gasteiger partial charge is 0.220 e. The lowest BCUT2D eigenvalue weighted by molar-refractivity contribution is -0.121. The zero-order valence-electron chi connectivity index (χ0n) is 15.3. The van der Waals surface area contributed by atoms with Crippen LogP contribution in [0.25, 0.3) is 0 Å². The minimum atomic E-state index is 0.123. The number of nitrogens with zero attached hydrogens (tertiary/aromatic N) is 2. The first kappa shape index (κ1) is 18.6. The molecule has 2 rings (SSSR count). The van der Waals surface area contributed by atoms with Gasteiger partial charge in [-0.2, -0.15) is 0 Å². The minimum Gasteiger partial charge on any atom is -0.397 e. The Hall–Kier alpha value is -1.75. The summed E-state index contributed by atoms with van der Waals surface area (Å²) in [7, 11) is 2.15. The fourth-order valence-electron chi connectivity index (χ4n) is 2.94. The van der Waals surface area contributed by atoms with Crippen LogP contribution in [0.1, 0.15) is 32.3 Å². The van der Waals surface area contributed by atoms with Gasteiger partial charge in [-0.25, -0.2) is 0 Å². The molecule has 0 bridgehead atoms. The first-order valence-corrected chi connectivity index (χ1v) is 9.04. The number of piperazine rings is 1. The molecule has 1 aliphatic rings. The second-order valence-corrected chi connectivity index (χ2v) is 7.22. The molecule has 0 saturated carbocycles. The van der Waals surface area contributed by atoms with Crippen molar-refractivity contribution in [3.05, 3.63) is 23.8 Å². The van der Waals surface area contributed by atoms with Crippen LogP contribution >= 0.6 is 0 Å². The number of aryl methyl sites for hydroxylation is 1. The molecule has 134 valence electrons. The Kier molecular flexibility index (Phi) is 6.91. The summed E-state index contributed by atoms with van der Waals surface area (Å²) in [6.07, 6.45) is 2.28. The summed E-state index contributed by atoms with van der Waals surface area (Å²) in [4.78, 5) is 16.5. The summed E-state index contributed by atoms with van der Waals surface area (Å²) in [5.41, 5.74) is 9.32. The van der Waals surface area contributed by atoms with Crippen LogP contribution in [0.15, 0.2) is 18.2 Å². The zero-order valence-corrected chi connectivity index (χ0v) is 15.3. The number of nitrogens with one attached hydrogen (secondary N) is 1. The monoisotopic (exact) mass is 332 g/mol. The zero-order chi connectivity index (χ0) is 17.5. The molecule has 1 heterocycles. The average Bonchev–Trinajstić information content (AvgIpc) is 2.54. The summed E-state index contributed by atoms with van der Waals surface area (Å²) >= 11 is 0. The Balaban J connectivity index is 1.82. The molecule has 3 N–H and O–H groups in total. The van der Waals surface area contributed by atoms with Crippen molar-refractivity contribution in [2.24, 2.45) is 5.92 Å². The molecule has 5 heteroatoms. The quantitative estimate of drug-likeness (QED) is 0.751. The Morgan fingerprint density at radius 2 is 1.96 bits per heavy atom. The summed E-state index contributed by atoms with van der Waals surface area (Å²) in [5.74, 6) is 0.740. The van der Waals surface area contributed by atoms with E-state index < -0.39 is 0 Å². The van der Waals surface area contributed by atoms with Gasteiger partial charge in [-0.15, -0.1) is 0 Å². The number of hydrogen-bond acceptors (Lipinski definition) is 4. The van der Waals surface area contributed by atoms with Crippen LogP contribution < -0.4 is 16.0 Å². The van der Waals surface area contributed by atoms with E-state index in [2.05, 4.69) is 48.1 Å². The van der Waals surface area contributed by atoms with Crippen molar-refractivity contribution < 1.29 is 4.79 Å². The van der Waals surface area contributed by atoms with Crippen LogP contribution in [0.4, 0.5) is 11.4 Å². The van der Waals surface area contributed by atoms with Crippen LogP contribution in [-0.4, -0.2) is 50.6 Å². The number of anilines is 2. The second kappa shape index (κ2) is 8.92. The first-order chi connectivity index (χ1) is 11.5. The lowest BCUT2D eigenvalue weighted by atomic mass is 10.1. The summed E-state index contributed by atoms with van der Waals surface area (Å²) in [6.45, 7) is 9.25. The third-order valence-electron chi connectivity index (χ3n) is 4.62. The normalized spacial score (nSPS) is 15.8. The predicted molar refractivity (Wildman–Crippen MR) is 101 cm³/mol. The van der Waals surface area contributed by atoms with E-state index in [0.29, 0.717) is 12.3 Å². The van der Waals surface area contributed by atoms with E-state index in [4.69, 9.17) is 5.73 Å². The van der Waals surface area contributed by atoms with Crippen molar-refractivity contribution in [1.29, 1.82) is 0 Å². The van der Waals surface area contributed by atoms with E-state index in [0.717, 1.165) is 62.5 Å². The second-order valence-electron chi connectivity index (χ2n) is 7.22. The van der Waals surface area contributed by atoms with Crippen LogP contribution in [-0.2, 0) is 11.2 Å². The van der Waals surface area contributed by atoms with E-state index in [1.807, 2.05) is 6.07 Å². The molecular formula is C19H32N4O. The highest BCUT2D eigenvalue weighted by Crippen LogP contribution is 2.25. The van der Waals surface area contributed by atoms with E-state index in [9.17, 15) is 4.79 Å². The lowest BCUT2D eigenvalue weighted by Gasteiger charge is -2.34. The summed E-state index contributed by atoms with van der Waals surface area (Å²) in [6, 6.07) is 6.23. The molecule has 1 fully saturated rings. The molecule has 1 aliphatic heterocycles. The number of carbonyl (C=O) groups excluding carboxylic acids is 1. The van der Waals surface area contributed by atoms with E-state index >= 15 is 0 Å². The summed E-state index contributed by atoms with van der Waals surface area (Å²) in [5, 5.41) is 2.98. The Bertz CT molecular complexity index is 536. The number of nitrogen functional groups attached to an aromatic ring is 1. The lowest BCUT2D eigenvalue weighted by Crippen LogP contribution is -2.44. The maximum atomic E-state index is 11.9. The number of likely N-dealkylation sites (N-methyl/N-ethyl adjacent to an activating group) is 1. The van der Waals surface area contributed by atoms with Crippen molar-refractivity contribution in [1.82, 2.24) is 10.2 Å². The van der Waals surface area contributed by atoms with Crippen molar-refractivity contribution in [3.8, 4) is 0 Å². The third-order valence-corrected chi connectivity index (χ3v) is 4.62. The highest BCUT2D eigenvalue weighted by atomic mass is 16.1. The number of carbonyl (C=O) groups is 1. The van der Waals surface area contributed by atoms with Gasteiger partial charge in [0.2, 0.25) is 5.91 Å². The molecule has 24 heavy (non-hydrogen) atoms. The molecule has 0 spiro atoms. The van der Waals surface area contributed by atoms with Crippen molar-refractivity contribution in [3.63, 3.8) is 0 Å². The van der Waals surface area contributed by atoms with Crippen LogP contribution in [0, 0.1) is 5.92 Å². The maximum absolute atomic E-state index is 11.9. The molecular weight excluding hydrogens is 300 g/mol. The molecule has 5 nitrogen and oxygen atoms in total. The molecule has 0 aliphatic carbocycles. The molecule has 1 saturated heterocycles. The van der Waals surface area contributed by atoms with Crippen LogP contribution in [0.3, 0.4) is 0 Å². The van der Waals surface area contributed by atoms with Gasteiger partial charge in [0.05, 0.1) is 11.4 Å².